The second-order valence-electron chi connectivity index (χ2n) is 9.98. The zero-order valence-corrected chi connectivity index (χ0v) is 19.7. The van der Waals surface area contributed by atoms with Crippen LogP contribution in [-0.4, -0.2) is 47.4 Å². The number of carbonyl (C=O) groups is 1. The maximum absolute atomic E-state index is 12.5. The van der Waals surface area contributed by atoms with Crippen molar-refractivity contribution in [3.63, 3.8) is 0 Å². The summed E-state index contributed by atoms with van der Waals surface area (Å²) in [5.41, 5.74) is 7.73. The van der Waals surface area contributed by atoms with Gasteiger partial charge in [0.15, 0.2) is 0 Å². The van der Waals surface area contributed by atoms with Crippen LogP contribution in [-0.2, 0) is 6.42 Å². The summed E-state index contributed by atoms with van der Waals surface area (Å²) in [5.74, 6) is 0.158. The average Bonchev–Trinajstić information content (AvgIpc) is 3.70. The van der Waals surface area contributed by atoms with Crippen LogP contribution in [0, 0.1) is 0 Å². The summed E-state index contributed by atoms with van der Waals surface area (Å²) >= 11 is 0. The van der Waals surface area contributed by atoms with Crippen molar-refractivity contribution in [3.8, 4) is 0 Å². The van der Waals surface area contributed by atoms with E-state index >= 15 is 0 Å². The third-order valence-electron chi connectivity index (χ3n) is 7.81. The van der Waals surface area contributed by atoms with Gasteiger partial charge in [0.2, 0.25) is 0 Å². The predicted molar refractivity (Wildman–Crippen MR) is 138 cm³/mol. The third-order valence-corrected chi connectivity index (χ3v) is 7.81. The SMILES string of the molecule is O=C(c1ccc(C(=C2CC3CCC(C2)N3CCc2ccccc2)c2ccccc2)cc1)N1CC1. The Morgan fingerprint density at radius 1 is 0.706 bits per heavy atom. The number of amides is 1. The van der Waals surface area contributed by atoms with Gasteiger partial charge in [0.1, 0.15) is 0 Å². The van der Waals surface area contributed by atoms with Gasteiger partial charge in [-0.2, -0.15) is 0 Å². The van der Waals surface area contributed by atoms with Crippen LogP contribution < -0.4 is 0 Å². The van der Waals surface area contributed by atoms with Crippen LogP contribution in [0.2, 0.25) is 0 Å². The van der Waals surface area contributed by atoms with E-state index in [1.807, 2.05) is 17.0 Å². The van der Waals surface area contributed by atoms with E-state index in [-0.39, 0.29) is 5.91 Å². The summed E-state index contributed by atoms with van der Waals surface area (Å²) in [6.45, 7) is 2.94. The minimum absolute atomic E-state index is 0.158. The van der Waals surface area contributed by atoms with Crippen molar-refractivity contribution in [1.29, 1.82) is 0 Å². The molecule has 2 atom stereocenters. The minimum atomic E-state index is 0.158. The summed E-state index contributed by atoms with van der Waals surface area (Å²) in [6, 6.07) is 31.4. The van der Waals surface area contributed by atoms with E-state index in [2.05, 4.69) is 77.7 Å². The van der Waals surface area contributed by atoms with E-state index in [1.165, 1.54) is 35.1 Å². The number of nitrogens with zero attached hydrogens (tertiary/aromatic N) is 2. The number of fused-ring (bicyclic) bond motifs is 2. The Bertz CT molecular complexity index is 1160. The van der Waals surface area contributed by atoms with Crippen LogP contribution in [0.1, 0.15) is 52.7 Å². The summed E-state index contributed by atoms with van der Waals surface area (Å²) < 4.78 is 0. The fraction of sp³-hybridized carbons (Fsp3) is 0.323. The molecule has 0 N–H and O–H groups in total. The molecule has 3 fully saturated rings. The van der Waals surface area contributed by atoms with Crippen molar-refractivity contribution in [3.05, 3.63) is 113 Å². The second-order valence-corrected chi connectivity index (χ2v) is 9.98. The van der Waals surface area contributed by atoms with Crippen LogP contribution in [0.5, 0.6) is 0 Å². The molecule has 1 amide bonds. The molecule has 3 heteroatoms. The van der Waals surface area contributed by atoms with E-state index in [9.17, 15) is 4.79 Å². The van der Waals surface area contributed by atoms with Gasteiger partial charge in [0.25, 0.3) is 5.91 Å². The molecule has 0 spiro atoms. The van der Waals surface area contributed by atoms with Crippen LogP contribution in [0.15, 0.2) is 90.5 Å². The molecule has 0 aromatic heterocycles. The number of carbonyl (C=O) groups excluding carboxylic acids is 1. The highest BCUT2D eigenvalue weighted by Crippen LogP contribution is 2.43. The molecule has 3 aromatic carbocycles. The Balaban J connectivity index is 1.28. The molecule has 3 nitrogen and oxygen atoms in total. The summed E-state index contributed by atoms with van der Waals surface area (Å²) in [7, 11) is 0. The zero-order chi connectivity index (χ0) is 22.9. The highest BCUT2D eigenvalue weighted by molar-refractivity contribution is 5.96. The molecule has 6 rings (SSSR count). The number of hydrogen-bond donors (Lipinski definition) is 0. The first-order valence-electron chi connectivity index (χ1n) is 12.7. The van der Waals surface area contributed by atoms with Crippen molar-refractivity contribution in [2.24, 2.45) is 0 Å². The fourth-order valence-corrected chi connectivity index (χ4v) is 5.97. The van der Waals surface area contributed by atoms with Gasteiger partial charge in [0, 0.05) is 37.3 Å². The molecule has 0 saturated carbocycles. The first-order valence-corrected chi connectivity index (χ1v) is 12.7. The lowest BCUT2D eigenvalue weighted by molar-refractivity contribution is 0.0885. The van der Waals surface area contributed by atoms with Crippen molar-refractivity contribution in [1.82, 2.24) is 9.80 Å². The maximum Gasteiger partial charge on any atom is 0.253 e. The highest BCUT2D eigenvalue weighted by atomic mass is 16.2. The molecule has 2 bridgehead atoms. The molecular formula is C31H32N2O. The molecule has 0 radical (unpaired) electrons. The van der Waals surface area contributed by atoms with Crippen molar-refractivity contribution < 1.29 is 4.79 Å². The van der Waals surface area contributed by atoms with Gasteiger partial charge in [-0.1, -0.05) is 78.4 Å². The van der Waals surface area contributed by atoms with Gasteiger partial charge >= 0.3 is 0 Å². The Hall–Kier alpha value is -3.17. The lowest BCUT2D eigenvalue weighted by Gasteiger charge is -2.37. The van der Waals surface area contributed by atoms with Gasteiger partial charge in [-0.05, 0) is 66.5 Å². The van der Waals surface area contributed by atoms with E-state index in [4.69, 9.17) is 0 Å². The molecule has 3 aliphatic rings. The Kier molecular flexibility index (Phi) is 5.80. The monoisotopic (exact) mass is 448 g/mol. The smallest absolute Gasteiger partial charge is 0.253 e. The number of piperidine rings is 1. The van der Waals surface area contributed by atoms with Crippen molar-refractivity contribution in [2.45, 2.75) is 44.2 Å². The number of hydrogen-bond acceptors (Lipinski definition) is 2. The van der Waals surface area contributed by atoms with Gasteiger partial charge in [-0.15, -0.1) is 0 Å². The number of benzene rings is 3. The lowest BCUT2D eigenvalue weighted by Crippen LogP contribution is -2.41. The van der Waals surface area contributed by atoms with E-state index in [0.29, 0.717) is 12.1 Å². The molecule has 34 heavy (non-hydrogen) atoms. The Morgan fingerprint density at radius 3 is 1.88 bits per heavy atom. The predicted octanol–water partition coefficient (Wildman–Crippen LogP) is 5.81. The zero-order valence-electron chi connectivity index (χ0n) is 19.7. The van der Waals surface area contributed by atoms with Crippen LogP contribution in [0.3, 0.4) is 0 Å². The maximum atomic E-state index is 12.5. The fourth-order valence-electron chi connectivity index (χ4n) is 5.97. The molecule has 0 aliphatic carbocycles. The van der Waals surface area contributed by atoms with Gasteiger partial charge < -0.3 is 4.90 Å². The second kappa shape index (κ2) is 9.23. The molecule has 2 unspecified atom stereocenters. The Morgan fingerprint density at radius 2 is 1.26 bits per heavy atom. The lowest BCUT2D eigenvalue weighted by atomic mass is 9.85. The normalized spacial score (nSPS) is 21.5. The van der Waals surface area contributed by atoms with Crippen LogP contribution >= 0.6 is 0 Å². The van der Waals surface area contributed by atoms with Crippen LogP contribution in [0.25, 0.3) is 5.57 Å². The largest absolute Gasteiger partial charge is 0.335 e. The topological polar surface area (TPSA) is 23.3 Å². The average molecular weight is 449 g/mol. The molecule has 3 heterocycles. The first kappa shape index (κ1) is 21.4. The standard InChI is InChI=1S/C31H32N2O/c34-31(32-19-20-32)26-13-11-25(12-14-26)30(24-9-5-2-6-10-24)27-21-28-15-16-29(22-27)33(28)18-17-23-7-3-1-4-8-23/h1-14,28-29H,15-22H2. The Labute approximate surface area is 202 Å². The third kappa shape index (κ3) is 4.33. The van der Waals surface area contributed by atoms with Crippen molar-refractivity contribution >= 4 is 11.5 Å². The van der Waals surface area contributed by atoms with Gasteiger partial charge in [-0.3, -0.25) is 9.69 Å². The summed E-state index contributed by atoms with van der Waals surface area (Å²) in [6.07, 6.45) is 6.02. The molecule has 172 valence electrons. The van der Waals surface area contributed by atoms with E-state index in [0.717, 1.165) is 44.5 Å². The molecule has 3 aliphatic heterocycles. The van der Waals surface area contributed by atoms with Gasteiger partial charge in [-0.25, -0.2) is 0 Å². The summed E-state index contributed by atoms with van der Waals surface area (Å²) in [4.78, 5) is 17.1. The molecule has 3 aromatic rings. The summed E-state index contributed by atoms with van der Waals surface area (Å²) in [5, 5.41) is 0. The highest BCUT2D eigenvalue weighted by Gasteiger charge is 2.39. The van der Waals surface area contributed by atoms with E-state index < -0.39 is 0 Å². The van der Waals surface area contributed by atoms with Crippen molar-refractivity contribution in [2.75, 3.05) is 19.6 Å². The van der Waals surface area contributed by atoms with Gasteiger partial charge in [0.05, 0.1) is 0 Å². The minimum Gasteiger partial charge on any atom is -0.335 e. The first-order chi connectivity index (χ1) is 16.8. The van der Waals surface area contributed by atoms with Crippen LogP contribution in [0.4, 0.5) is 0 Å². The molecule has 3 saturated heterocycles. The van der Waals surface area contributed by atoms with E-state index in [1.54, 1.807) is 5.57 Å². The molecular weight excluding hydrogens is 416 g/mol. The quantitative estimate of drug-likeness (QED) is 0.444. The number of rotatable bonds is 6.